The Hall–Kier alpha value is -3.01. The maximum Gasteiger partial charge on any atom is 0.233 e. The molecule has 0 spiro atoms. The van der Waals surface area contributed by atoms with Crippen LogP contribution in [0, 0.1) is 13.8 Å². The highest BCUT2D eigenvalue weighted by Crippen LogP contribution is 2.35. The summed E-state index contributed by atoms with van der Waals surface area (Å²) in [7, 11) is 0. The number of piperidine rings is 1. The third-order valence-electron chi connectivity index (χ3n) is 6.54. The second-order valence-electron chi connectivity index (χ2n) is 10.7. The van der Waals surface area contributed by atoms with Crippen LogP contribution in [0.1, 0.15) is 45.6 Å². The largest absolute Gasteiger partial charge is 0.506 e. The molecule has 1 aliphatic heterocycles. The van der Waals surface area contributed by atoms with E-state index >= 15 is 4.39 Å². The van der Waals surface area contributed by atoms with Gasteiger partial charge in [-0.1, -0.05) is 0 Å². The number of pyridine rings is 1. The van der Waals surface area contributed by atoms with Gasteiger partial charge < -0.3 is 19.6 Å². The lowest BCUT2D eigenvalue weighted by Gasteiger charge is -2.48. The van der Waals surface area contributed by atoms with Gasteiger partial charge in [-0.25, -0.2) is 14.4 Å². The fourth-order valence-electron chi connectivity index (χ4n) is 5.11. The lowest BCUT2D eigenvalue weighted by molar-refractivity contribution is -0.0281. The fourth-order valence-corrected chi connectivity index (χ4v) is 5.11. The Bertz CT molecular complexity index is 1440. The molecular formula is C27H32Cl2FN5O3. The number of fused-ring (bicyclic) bond motifs is 1. The molecule has 5 rings (SSSR count). The van der Waals surface area contributed by atoms with E-state index in [2.05, 4.69) is 25.5 Å². The lowest BCUT2D eigenvalue weighted by Crippen LogP contribution is -2.66. The molecule has 2 N–H and O–H groups in total. The van der Waals surface area contributed by atoms with Gasteiger partial charge in [-0.2, -0.15) is 0 Å². The van der Waals surface area contributed by atoms with Crippen LogP contribution in [0.4, 0.5) is 4.39 Å². The number of hydrogen-bond acceptors (Lipinski definition) is 8. The molecule has 204 valence electrons. The number of oxazole rings is 1. The summed E-state index contributed by atoms with van der Waals surface area (Å²) in [5.74, 6) is 0.789. The summed E-state index contributed by atoms with van der Waals surface area (Å²) in [5, 5.41) is 22.3. The number of ether oxygens (including phenoxy) is 1. The standard InChI is InChI=1S/C27H30FN5O3.2ClH/c1-14-9-16(11-20-23(14)30-15(2)35-20)17-10-19(34)24(29-13-17)18-7-8-22(32-31-18)36-21-12-26(3,4)33-27(5,6)25(21)28;;/h7-11,13,21,25,33-34H,12H2,1-6H3;2*1H/t21-,25-;;/m0../s1. The molecule has 0 saturated carbocycles. The third kappa shape index (κ3) is 5.70. The Morgan fingerprint density at radius 1 is 1.05 bits per heavy atom. The molecule has 1 aliphatic rings. The van der Waals surface area contributed by atoms with Crippen molar-refractivity contribution in [2.45, 2.75) is 71.3 Å². The Kier molecular flexibility index (Phi) is 8.27. The number of alkyl halides is 1. The minimum absolute atomic E-state index is 0. The molecule has 1 aromatic carbocycles. The zero-order valence-corrected chi connectivity index (χ0v) is 23.7. The first-order valence-corrected chi connectivity index (χ1v) is 11.9. The number of rotatable bonds is 4. The van der Waals surface area contributed by atoms with Crippen molar-refractivity contribution >= 4 is 35.9 Å². The van der Waals surface area contributed by atoms with Crippen molar-refractivity contribution in [2.24, 2.45) is 0 Å². The van der Waals surface area contributed by atoms with E-state index in [1.165, 1.54) is 0 Å². The van der Waals surface area contributed by atoms with Crippen LogP contribution in [-0.2, 0) is 0 Å². The van der Waals surface area contributed by atoms with Crippen molar-refractivity contribution < 1.29 is 18.7 Å². The molecular weight excluding hydrogens is 532 g/mol. The molecule has 1 saturated heterocycles. The predicted octanol–water partition coefficient (Wildman–Crippen LogP) is 6.15. The summed E-state index contributed by atoms with van der Waals surface area (Å²) in [6.45, 7) is 11.5. The Morgan fingerprint density at radius 3 is 2.45 bits per heavy atom. The summed E-state index contributed by atoms with van der Waals surface area (Å²) in [6.07, 6.45) is 0.284. The SMILES string of the molecule is Cc1nc2c(C)cc(-c3cnc(-c4ccc(O[C@H]5CC(C)(C)NC(C)(C)[C@H]5F)nn4)c(O)c3)cc2o1.Cl.Cl. The molecule has 2 atom stereocenters. The maximum absolute atomic E-state index is 15.1. The van der Waals surface area contributed by atoms with Crippen LogP contribution >= 0.6 is 24.8 Å². The smallest absolute Gasteiger partial charge is 0.233 e. The van der Waals surface area contributed by atoms with Gasteiger partial charge in [0.15, 0.2) is 17.6 Å². The van der Waals surface area contributed by atoms with E-state index in [-0.39, 0.29) is 42.0 Å². The van der Waals surface area contributed by atoms with Crippen LogP contribution < -0.4 is 10.1 Å². The normalized spacial score (nSPS) is 19.9. The van der Waals surface area contributed by atoms with Gasteiger partial charge in [0.05, 0.1) is 0 Å². The summed E-state index contributed by atoms with van der Waals surface area (Å²) < 4.78 is 26.6. The van der Waals surface area contributed by atoms with Gasteiger partial charge in [-0.15, -0.1) is 35.0 Å². The quantitative estimate of drug-likeness (QED) is 0.304. The van der Waals surface area contributed by atoms with E-state index < -0.39 is 17.8 Å². The average Bonchev–Trinajstić information content (AvgIpc) is 3.18. The first-order chi connectivity index (χ1) is 16.9. The molecule has 1 fully saturated rings. The zero-order valence-electron chi connectivity index (χ0n) is 22.1. The van der Waals surface area contributed by atoms with E-state index in [1.54, 1.807) is 24.4 Å². The molecule has 0 bridgehead atoms. The Labute approximate surface area is 233 Å². The van der Waals surface area contributed by atoms with Gasteiger partial charge in [0.2, 0.25) is 5.88 Å². The van der Waals surface area contributed by atoms with Crippen molar-refractivity contribution in [2.75, 3.05) is 0 Å². The molecule has 0 unspecified atom stereocenters. The highest BCUT2D eigenvalue weighted by Gasteiger charge is 2.47. The highest BCUT2D eigenvalue weighted by molar-refractivity contribution is 5.86. The molecule has 0 radical (unpaired) electrons. The zero-order chi connectivity index (χ0) is 25.8. The molecule has 0 aliphatic carbocycles. The van der Waals surface area contributed by atoms with Crippen molar-refractivity contribution in [1.82, 2.24) is 25.5 Å². The number of benzene rings is 1. The first-order valence-electron chi connectivity index (χ1n) is 11.9. The van der Waals surface area contributed by atoms with Crippen LogP contribution in [0.15, 0.2) is 40.9 Å². The van der Waals surface area contributed by atoms with Crippen LogP contribution in [-0.4, -0.2) is 48.6 Å². The number of hydrogen-bond donors (Lipinski definition) is 2. The van der Waals surface area contributed by atoms with Crippen LogP contribution in [0.25, 0.3) is 33.6 Å². The highest BCUT2D eigenvalue weighted by atomic mass is 35.5. The molecule has 11 heteroatoms. The Morgan fingerprint density at radius 2 is 1.79 bits per heavy atom. The minimum Gasteiger partial charge on any atom is -0.506 e. The topological polar surface area (TPSA) is 106 Å². The number of aromatic nitrogens is 4. The van der Waals surface area contributed by atoms with Crippen molar-refractivity contribution in [3.63, 3.8) is 0 Å². The van der Waals surface area contributed by atoms with Crippen LogP contribution in [0.2, 0.25) is 0 Å². The number of nitrogens with zero attached hydrogens (tertiary/aromatic N) is 4. The second-order valence-corrected chi connectivity index (χ2v) is 10.7. The number of aromatic hydroxyl groups is 1. The van der Waals surface area contributed by atoms with Gasteiger partial charge in [0, 0.05) is 42.2 Å². The van der Waals surface area contributed by atoms with Crippen molar-refractivity contribution in [3.8, 4) is 34.1 Å². The van der Waals surface area contributed by atoms with E-state index in [4.69, 9.17) is 9.15 Å². The number of nitrogens with one attached hydrogen (secondary N) is 1. The van der Waals surface area contributed by atoms with Crippen molar-refractivity contribution in [1.29, 1.82) is 0 Å². The van der Waals surface area contributed by atoms with E-state index in [0.29, 0.717) is 29.3 Å². The van der Waals surface area contributed by atoms with Crippen molar-refractivity contribution in [3.05, 3.63) is 48.0 Å². The summed E-state index contributed by atoms with van der Waals surface area (Å²) >= 11 is 0. The molecule has 3 aromatic heterocycles. The monoisotopic (exact) mass is 563 g/mol. The average molecular weight is 564 g/mol. The third-order valence-corrected chi connectivity index (χ3v) is 6.54. The van der Waals surface area contributed by atoms with Gasteiger partial charge in [0.1, 0.15) is 28.8 Å². The molecule has 0 amide bonds. The van der Waals surface area contributed by atoms with E-state index in [9.17, 15) is 5.11 Å². The lowest BCUT2D eigenvalue weighted by atomic mass is 9.79. The molecule has 4 heterocycles. The molecule has 8 nitrogen and oxygen atoms in total. The van der Waals surface area contributed by atoms with Crippen LogP contribution in [0.3, 0.4) is 0 Å². The summed E-state index contributed by atoms with van der Waals surface area (Å²) in [5.41, 5.74) is 3.72. The number of aryl methyl sites for hydroxylation is 2. The van der Waals surface area contributed by atoms with Crippen LogP contribution in [0.5, 0.6) is 11.6 Å². The maximum atomic E-state index is 15.1. The predicted molar refractivity (Wildman–Crippen MR) is 149 cm³/mol. The Balaban J connectivity index is 0.00000200. The first kappa shape index (κ1) is 29.5. The van der Waals surface area contributed by atoms with Gasteiger partial charge in [0.25, 0.3) is 0 Å². The van der Waals surface area contributed by atoms with Gasteiger partial charge in [-0.3, -0.25) is 0 Å². The number of halogens is 3. The van der Waals surface area contributed by atoms with Gasteiger partial charge in [-0.05, 0) is 70.0 Å². The second kappa shape index (κ2) is 10.6. The molecule has 38 heavy (non-hydrogen) atoms. The summed E-state index contributed by atoms with van der Waals surface area (Å²) in [4.78, 5) is 8.83. The summed E-state index contributed by atoms with van der Waals surface area (Å²) in [6, 6.07) is 8.77. The van der Waals surface area contributed by atoms with E-state index in [0.717, 1.165) is 22.2 Å². The fraction of sp³-hybridized carbons (Fsp3) is 0.407. The van der Waals surface area contributed by atoms with E-state index in [1.807, 2.05) is 53.7 Å². The van der Waals surface area contributed by atoms with Gasteiger partial charge >= 0.3 is 0 Å². The molecule has 4 aromatic rings. The minimum atomic E-state index is -1.21.